The van der Waals surface area contributed by atoms with Gasteiger partial charge in [0, 0.05) is 13.3 Å². The van der Waals surface area contributed by atoms with Gasteiger partial charge in [0.05, 0.1) is 6.54 Å². The number of rotatable bonds is 10. The molecule has 0 aromatic heterocycles. The van der Waals surface area contributed by atoms with Gasteiger partial charge < -0.3 is 9.94 Å². The van der Waals surface area contributed by atoms with Gasteiger partial charge in [-0.1, -0.05) is 37.5 Å². The van der Waals surface area contributed by atoms with Crippen molar-refractivity contribution in [1.29, 1.82) is 0 Å². The summed E-state index contributed by atoms with van der Waals surface area (Å²) < 4.78 is 0. The van der Waals surface area contributed by atoms with Crippen LogP contribution in [0.5, 0.6) is 5.75 Å². The van der Waals surface area contributed by atoms with E-state index >= 15 is 0 Å². The summed E-state index contributed by atoms with van der Waals surface area (Å²) in [6, 6.07) is 9.22. The maximum atomic E-state index is 11.5. The lowest BCUT2D eigenvalue weighted by molar-refractivity contribution is -0.155. The van der Waals surface area contributed by atoms with Gasteiger partial charge in [-0.05, 0) is 25.0 Å². The van der Waals surface area contributed by atoms with Crippen molar-refractivity contribution in [2.45, 2.75) is 45.4 Å². The Balaban J connectivity index is 2.20. The van der Waals surface area contributed by atoms with Crippen molar-refractivity contribution < 1.29 is 19.5 Å². The number of benzene rings is 1. The Morgan fingerprint density at radius 3 is 2.29 bits per heavy atom. The zero-order chi connectivity index (χ0) is 15.5. The minimum atomic E-state index is -0.742. The average molecular weight is 293 g/mol. The van der Waals surface area contributed by atoms with Crippen molar-refractivity contribution in [1.82, 2.24) is 5.06 Å². The molecule has 0 aliphatic heterocycles. The van der Waals surface area contributed by atoms with Crippen LogP contribution < -0.4 is 4.84 Å². The molecule has 21 heavy (non-hydrogen) atoms. The standard InChI is InChI=1S/C16H23NO4/c1-14(18)17(21-15-10-6-5-7-11-15)13-9-4-2-3-8-12-16(19)20/h5-7,10-11H,2-4,8-9,12-13H2,1H3,(H,19,20). The van der Waals surface area contributed by atoms with Crippen LogP contribution in [0.1, 0.15) is 45.4 Å². The number of hydrogen-bond acceptors (Lipinski definition) is 3. The molecule has 0 spiro atoms. The minimum absolute atomic E-state index is 0.121. The van der Waals surface area contributed by atoms with Crippen LogP contribution in [0.25, 0.3) is 0 Å². The highest BCUT2D eigenvalue weighted by Crippen LogP contribution is 2.12. The van der Waals surface area contributed by atoms with E-state index in [1.54, 1.807) is 0 Å². The molecule has 0 unspecified atom stereocenters. The monoisotopic (exact) mass is 293 g/mol. The summed E-state index contributed by atoms with van der Waals surface area (Å²) in [6.45, 7) is 2.03. The Morgan fingerprint density at radius 2 is 1.67 bits per heavy atom. The molecule has 1 N–H and O–H groups in total. The van der Waals surface area contributed by atoms with Crippen LogP contribution in [0.4, 0.5) is 0 Å². The number of hydroxylamine groups is 2. The molecule has 5 heteroatoms. The fraction of sp³-hybridized carbons (Fsp3) is 0.500. The molecule has 5 nitrogen and oxygen atoms in total. The normalized spacial score (nSPS) is 10.1. The number of para-hydroxylation sites is 1. The Kier molecular flexibility index (Phi) is 7.94. The van der Waals surface area contributed by atoms with E-state index in [2.05, 4.69) is 0 Å². The van der Waals surface area contributed by atoms with Gasteiger partial charge in [-0.25, -0.2) is 0 Å². The van der Waals surface area contributed by atoms with Crippen LogP contribution in [0.3, 0.4) is 0 Å². The number of unbranched alkanes of at least 4 members (excludes halogenated alkanes) is 4. The number of carboxylic acids is 1. The molecular weight excluding hydrogens is 270 g/mol. The third kappa shape index (κ3) is 7.97. The van der Waals surface area contributed by atoms with E-state index in [-0.39, 0.29) is 12.3 Å². The van der Waals surface area contributed by atoms with Crippen LogP contribution in [0.2, 0.25) is 0 Å². The van der Waals surface area contributed by atoms with Gasteiger partial charge >= 0.3 is 5.97 Å². The van der Waals surface area contributed by atoms with Gasteiger partial charge in [0.25, 0.3) is 5.91 Å². The SMILES string of the molecule is CC(=O)N(CCCCCCCC(=O)O)Oc1ccccc1. The molecule has 1 rings (SSSR count). The van der Waals surface area contributed by atoms with Gasteiger partial charge in [-0.15, -0.1) is 0 Å². The lowest BCUT2D eigenvalue weighted by Crippen LogP contribution is -2.33. The summed E-state index contributed by atoms with van der Waals surface area (Å²) in [5.74, 6) is -0.215. The van der Waals surface area contributed by atoms with Crippen molar-refractivity contribution in [2.75, 3.05) is 6.54 Å². The maximum absolute atomic E-state index is 11.5. The predicted molar refractivity (Wildman–Crippen MR) is 79.8 cm³/mol. The molecule has 0 bridgehead atoms. The number of amides is 1. The molecule has 1 amide bonds. The molecule has 1 aromatic carbocycles. The highest BCUT2D eigenvalue weighted by molar-refractivity contribution is 5.72. The van der Waals surface area contributed by atoms with E-state index in [1.807, 2.05) is 30.3 Å². The average Bonchev–Trinajstić information content (AvgIpc) is 2.45. The summed E-state index contributed by atoms with van der Waals surface area (Å²) in [6.07, 6.45) is 4.64. The van der Waals surface area contributed by atoms with E-state index in [9.17, 15) is 9.59 Å². The number of aliphatic carboxylic acids is 1. The topological polar surface area (TPSA) is 66.8 Å². The number of carbonyl (C=O) groups excluding carboxylic acids is 1. The second-order valence-corrected chi connectivity index (χ2v) is 4.94. The molecule has 0 saturated heterocycles. The Morgan fingerprint density at radius 1 is 1.05 bits per heavy atom. The number of carboxylic acid groups (broad SMARTS) is 1. The Labute approximate surface area is 125 Å². The molecule has 0 aliphatic carbocycles. The smallest absolute Gasteiger partial charge is 0.303 e. The maximum Gasteiger partial charge on any atom is 0.303 e. The third-order valence-corrected chi connectivity index (χ3v) is 3.06. The van der Waals surface area contributed by atoms with E-state index < -0.39 is 5.97 Å². The van der Waals surface area contributed by atoms with Crippen molar-refractivity contribution in [2.24, 2.45) is 0 Å². The van der Waals surface area contributed by atoms with Crippen LogP contribution >= 0.6 is 0 Å². The predicted octanol–water partition coefficient (Wildman–Crippen LogP) is 3.25. The lowest BCUT2D eigenvalue weighted by Gasteiger charge is -2.20. The summed E-state index contributed by atoms with van der Waals surface area (Å²) in [7, 11) is 0. The van der Waals surface area contributed by atoms with Gasteiger partial charge in [-0.2, -0.15) is 5.06 Å². The van der Waals surface area contributed by atoms with E-state index in [0.29, 0.717) is 18.7 Å². The van der Waals surface area contributed by atoms with Crippen LogP contribution in [-0.4, -0.2) is 28.6 Å². The second kappa shape index (κ2) is 9.80. The van der Waals surface area contributed by atoms with Gasteiger partial charge in [0.1, 0.15) is 0 Å². The van der Waals surface area contributed by atoms with Crippen molar-refractivity contribution in [3.05, 3.63) is 30.3 Å². The van der Waals surface area contributed by atoms with Crippen molar-refractivity contribution in [3.8, 4) is 5.75 Å². The van der Waals surface area contributed by atoms with E-state index in [1.165, 1.54) is 12.0 Å². The summed E-state index contributed by atoms with van der Waals surface area (Å²) >= 11 is 0. The molecule has 0 fully saturated rings. The molecule has 0 atom stereocenters. The first-order valence-electron chi connectivity index (χ1n) is 7.32. The molecule has 0 heterocycles. The first kappa shape index (κ1) is 17.0. The zero-order valence-corrected chi connectivity index (χ0v) is 12.5. The van der Waals surface area contributed by atoms with Crippen molar-refractivity contribution in [3.63, 3.8) is 0 Å². The van der Waals surface area contributed by atoms with Crippen molar-refractivity contribution >= 4 is 11.9 Å². The van der Waals surface area contributed by atoms with E-state index in [4.69, 9.17) is 9.94 Å². The molecule has 1 aromatic rings. The fourth-order valence-electron chi connectivity index (χ4n) is 1.94. The molecule has 0 saturated carbocycles. The highest BCUT2D eigenvalue weighted by atomic mass is 16.7. The molecular formula is C16H23NO4. The van der Waals surface area contributed by atoms with Gasteiger partial charge in [0.2, 0.25) is 0 Å². The lowest BCUT2D eigenvalue weighted by atomic mass is 10.1. The quantitative estimate of drug-likeness (QED) is 0.531. The largest absolute Gasteiger partial charge is 0.481 e. The van der Waals surface area contributed by atoms with Crippen LogP contribution in [0, 0.1) is 0 Å². The first-order valence-corrected chi connectivity index (χ1v) is 7.32. The van der Waals surface area contributed by atoms with Crippen LogP contribution in [-0.2, 0) is 9.59 Å². The Bertz CT molecular complexity index is 433. The highest BCUT2D eigenvalue weighted by Gasteiger charge is 2.10. The number of hydrogen-bond donors (Lipinski definition) is 1. The molecule has 116 valence electrons. The fourth-order valence-corrected chi connectivity index (χ4v) is 1.94. The third-order valence-electron chi connectivity index (χ3n) is 3.06. The zero-order valence-electron chi connectivity index (χ0n) is 12.5. The summed E-state index contributed by atoms with van der Waals surface area (Å²) in [4.78, 5) is 27.4. The first-order chi connectivity index (χ1) is 10.1. The molecule has 0 aliphatic rings. The minimum Gasteiger partial charge on any atom is -0.481 e. The van der Waals surface area contributed by atoms with Gasteiger partial charge in [-0.3, -0.25) is 9.59 Å². The summed E-state index contributed by atoms with van der Waals surface area (Å²) in [5, 5.41) is 9.90. The number of nitrogens with zero attached hydrogens (tertiary/aromatic N) is 1. The molecule has 0 radical (unpaired) electrons. The van der Waals surface area contributed by atoms with Crippen LogP contribution in [0.15, 0.2) is 30.3 Å². The van der Waals surface area contributed by atoms with Gasteiger partial charge in [0.15, 0.2) is 5.75 Å². The Hall–Kier alpha value is -2.04. The number of carbonyl (C=O) groups is 2. The van der Waals surface area contributed by atoms with E-state index in [0.717, 1.165) is 25.7 Å². The summed E-state index contributed by atoms with van der Waals surface area (Å²) in [5.41, 5.74) is 0. The second-order valence-electron chi connectivity index (χ2n) is 4.94.